The molecule has 35 heavy (non-hydrogen) atoms. The summed E-state index contributed by atoms with van der Waals surface area (Å²) in [4.78, 5) is 48.3. The molecule has 0 radical (unpaired) electrons. The summed E-state index contributed by atoms with van der Waals surface area (Å²) in [6.07, 6.45) is 2.97. The van der Waals surface area contributed by atoms with Gasteiger partial charge in [-0.05, 0) is 54.4 Å². The fourth-order valence-corrected chi connectivity index (χ4v) is 5.14. The smallest absolute Gasteiger partial charge is 0.337 e. The second-order valence-electron chi connectivity index (χ2n) is 7.99. The van der Waals surface area contributed by atoms with Gasteiger partial charge in [-0.2, -0.15) is 0 Å². The molecule has 3 heterocycles. The fourth-order valence-electron chi connectivity index (χ4n) is 4.05. The first-order chi connectivity index (χ1) is 16.9. The van der Waals surface area contributed by atoms with E-state index in [1.807, 2.05) is 25.1 Å². The lowest BCUT2D eigenvalue weighted by atomic mass is 9.95. The molecule has 1 saturated heterocycles. The summed E-state index contributed by atoms with van der Waals surface area (Å²) in [7, 11) is 1.29. The van der Waals surface area contributed by atoms with Crippen molar-refractivity contribution in [2.24, 2.45) is 0 Å². The maximum absolute atomic E-state index is 13.3. The van der Waals surface area contributed by atoms with Gasteiger partial charge in [-0.3, -0.25) is 19.5 Å². The van der Waals surface area contributed by atoms with Gasteiger partial charge >= 0.3 is 11.9 Å². The number of thiazole rings is 1. The zero-order valence-corrected chi connectivity index (χ0v) is 19.6. The highest BCUT2D eigenvalue weighted by molar-refractivity contribution is 7.22. The Morgan fingerprint density at radius 3 is 2.43 bits per heavy atom. The number of fused-ring (bicyclic) bond motifs is 1. The fraction of sp³-hybridized carbons (Fsp3) is 0.115. The minimum atomic E-state index is -0.948. The first-order valence-electron chi connectivity index (χ1n) is 10.7. The van der Waals surface area contributed by atoms with Crippen LogP contribution >= 0.6 is 11.3 Å². The number of hydrogen-bond acceptors (Lipinski definition) is 8. The van der Waals surface area contributed by atoms with E-state index in [1.54, 1.807) is 36.4 Å². The second kappa shape index (κ2) is 8.77. The summed E-state index contributed by atoms with van der Waals surface area (Å²) in [5.74, 6) is -2.44. The van der Waals surface area contributed by atoms with Crippen LogP contribution in [0.2, 0.25) is 0 Å². The molecule has 4 aromatic rings. The van der Waals surface area contributed by atoms with Gasteiger partial charge in [0.1, 0.15) is 5.76 Å². The maximum Gasteiger partial charge on any atom is 0.337 e. The Labute approximate surface area is 204 Å². The number of carbonyl (C=O) groups excluding carboxylic acids is 3. The van der Waals surface area contributed by atoms with Crippen molar-refractivity contribution < 1.29 is 24.2 Å². The first-order valence-corrected chi connectivity index (χ1v) is 11.5. The molecule has 1 N–H and O–H groups in total. The van der Waals surface area contributed by atoms with E-state index < -0.39 is 23.7 Å². The highest BCUT2D eigenvalue weighted by atomic mass is 32.1. The van der Waals surface area contributed by atoms with E-state index in [4.69, 9.17) is 4.74 Å². The minimum Gasteiger partial charge on any atom is -0.507 e. The quantitative estimate of drug-likeness (QED) is 0.197. The summed E-state index contributed by atoms with van der Waals surface area (Å²) < 4.78 is 5.64. The molecule has 1 fully saturated rings. The highest BCUT2D eigenvalue weighted by Crippen LogP contribution is 2.44. The number of anilines is 1. The zero-order chi connectivity index (χ0) is 24.7. The van der Waals surface area contributed by atoms with E-state index in [1.165, 1.54) is 35.7 Å². The van der Waals surface area contributed by atoms with Crippen molar-refractivity contribution in [2.45, 2.75) is 13.0 Å². The van der Waals surface area contributed by atoms with Crippen LogP contribution in [0.3, 0.4) is 0 Å². The molecule has 5 rings (SSSR count). The van der Waals surface area contributed by atoms with Crippen molar-refractivity contribution in [1.82, 2.24) is 9.97 Å². The molecule has 1 unspecified atom stereocenters. The highest BCUT2D eigenvalue weighted by Gasteiger charge is 2.48. The van der Waals surface area contributed by atoms with Crippen LogP contribution in [0.4, 0.5) is 5.13 Å². The van der Waals surface area contributed by atoms with E-state index >= 15 is 0 Å². The molecule has 1 amide bonds. The number of hydrogen-bond donors (Lipinski definition) is 1. The molecule has 0 spiro atoms. The molecule has 2 aromatic carbocycles. The number of aryl methyl sites for hydroxylation is 1. The predicted molar refractivity (Wildman–Crippen MR) is 131 cm³/mol. The van der Waals surface area contributed by atoms with Crippen LogP contribution in [0.1, 0.15) is 33.1 Å². The largest absolute Gasteiger partial charge is 0.507 e. The van der Waals surface area contributed by atoms with Gasteiger partial charge in [-0.25, -0.2) is 9.78 Å². The number of carbonyl (C=O) groups is 3. The molecule has 0 aliphatic carbocycles. The number of methoxy groups -OCH3 is 1. The Morgan fingerprint density at radius 2 is 1.74 bits per heavy atom. The number of amides is 1. The Hall–Kier alpha value is -4.37. The average Bonchev–Trinajstić information content (AvgIpc) is 3.41. The summed E-state index contributed by atoms with van der Waals surface area (Å²) >= 11 is 1.29. The van der Waals surface area contributed by atoms with Crippen molar-refractivity contribution >= 4 is 50.1 Å². The van der Waals surface area contributed by atoms with E-state index in [-0.39, 0.29) is 11.3 Å². The topological polar surface area (TPSA) is 110 Å². The van der Waals surface area contributed by atoms with Crippen molar-refractivity contribution in [2.75, 3.05) is 12.0 Å². The standard InChI is InChI=1S/C26H19N3O5S/c1-14-3-8-18-19(13-14)35-26(28-18)29-21(15-4-6-17(7-5-15)25(33)34-2)20(23(31)24(29)32)22(30)16-9-11-27-12-10-16/h3-13,21,30H,1-2H3/b22-20+. The summed E-state index contributed by atoms with van der Waals surface area (Å²) in [5.41, 5.74) is 2.88. The Morgan fingerprint density at radius 1 is 1.03 bits per heavy atom. The lowest BCUT2D eigenvalue weighted by Gasteiger charge is -2.23. The number of ether oxygens (including phenoxy) is 1. The Bertz CT molecular complexity index is 1510. The zero-order valence-electron chi connectivity index (χ0n) is 18.8. The summed E-state index contributed by atoms with van der Waals surface area (Å²) in [6, 6.07) is 14.3. The number of benzene rings is 2. The van der Waals surface area contributed by atoms with Gasteiger partial charge in [-0.1, -0.05) is 29.5 Å². The van der Waals surface area contributed by atoms with E-state index in [0.717, 1.165) is 10.3 Å². The third-order valence-electron chi connectivity index (χ3n) is 5.78. The van der Waals surface area contributed by atoms with Crippen molar-refractivity contribution in [3.05, 3.63) is 94.8 Å². The molecular formula is C26H19N3O5S. The van der Waals surface area contributed by atoms with Gasteiger partial charge in [0.25, 0.3) is 5.78 Å². The van der Waals surface area contributed by atoms with Crippen LogP contribution in [-0.2, 0) is 14.3 Å². The van der Waals surface area contributed by atoms with Crippen molar-refractivity contribution in [3.8, 4) is 0 Å². The molecule has 0 bridgehead atoms. The molecule has 1 aliphatic heterocycles. The van der Waals surface area contributed by atoms with Crippen LogP contribution in [0, 0.1) is 6.92 Å². The minimum absolute atomic E-state index is 0.0672. The molecule has 8 nitrogen and oxygen atoms in total. The van der Waals surface area contributed by atoms with Crippen LogP contribution in [0.15, 0.2) is 72.6 Å². The van der Waals surface area contributed by atoms with Crippen LogP contribution in [0.5, 0.6) is 0 Å². The molecule has 2 aromatic heterocycles. The van der Waals surface area contributed by atoms with Gasteiger partial charge in [0, 0.05) is 18.0 Å². The number of rotatable bonds is 4. The SMILES string of the molecule is COC(=O)c1ccc(C2/C(=C(\O)c3ccncc3)C(=O)C(=O)N2c2nc3ccc(C)cc3s2)cc1. The molecule has 1 atom stereocenters. The number of ketones is 1. The third kappa shape index (κ3) is 3.85. The van der Waals surface area contributed by atoms with Crippen molar-refractivity contribution in [1.29, 1.82) is 0 Å². The number of esters is 1. The molecular weight excluding hydrogens is 466 g/mol. The number of Topliss-reactive ketones (excluding diaryl/α,β-unsaturated/α-hetero) is 1. The van der Waals surface area contributed by atoms with Gasteiger partial charge in [-0.15, -0.1) is 0 Å². The summed E-state index contributed by atoms with van der Waals surface area (Å²) in [5, 5.41) is 11.5. The first kappa shape index (κ1) is 22.4. The number of pyridine rings is 1. The number of aliphatic hydroxyl groups is 1. The molecule has 174 valence electrons. The molecule has 0 saturated carbocycles. The van der Waals surface area contributed by atoms with E-state index in [0.29, 0.717) is 27.3 Å². The summed E-state index contributed by atoms with van der Waals surface area (Å²) in [6.45, 7) is 1.96. The molecule has 9 heteroatoms. The predicted octanol–water partition coefficient (Wildman–Crippen LogP) is 4.41. The van der Waals surface area contributed by atoms with Crippen LogP contribution in [0.25, 0.3) is 16.0 Å². The lowest BCUT2D eigenvalue weighted by molar-refractivity contribution is -0.132. The Kier molecular flexibility index (Phi) is 5.62. The van der Waals surface area contributed by atoms with Gasteiger partial charge in [0.05, 0.1) is 34.5 Å². The normalized spacial score (nSPS) is 17.2. The second-order valence-corrected chi connectivity index (χ2v) is 9.00. The lowest BCUT2D eigenvalue weighted by Crippen LogP contribution is -2.29. The number of nitrogens with zero attached hydrogens (tertiary/aromatic N) is 3. The monoisotopic (exact) mass is 485 g/mol. The van der Waals surface area contributed by atoms with Gasteiger partial charge in [0.15, 0.2) is 5.13 Å². The molecule has 1 aliphatic rings. The third-order valence-corrected chi connectivity index (χ3v) is 6.80. The van der Waals surface area contributed by atoms with E-state index in [2.05, 4.69) is 9.97 Å². The number of aliphatic hydroxyl groups excluding tert-OH is 1. The van der Waals surface area contributed by atoms with Crippen LogP contribution in [-0.4, -0.2) is 39.8 Å². The van der Waals surface area contributed by atoms with Gasteiger partial charge in [0.2, 0.25) is 0 Å². The maximum atomic E-state index is 13.3. The van der Waals surface area contributed by atoms with Gasteiger partial charge < -0.3 is 9.84 Å². The van der Waals surface area contributed by atoms with E-state index in [9.17, 15) is 19.5 Å². The number of aromatic nitrogens is 2. The van der Waals surface area contributed by atoms with Crippen LogP contribution < -0.4 is 4.90 Å². The van der Waals surface area contributed by atoms with Crippen molar-refractivity contribution in [3.63, 3.8) is 0 Å². The Balaban J connectivity index is 1.71. The average molecular weight is 486 g/mol.